The van der Waals surface area contributed by atoms with Crippen molar-refractivity contribution in [2.75, 3.05) is 17.2 Å². The van der Waals surface area contributed by atoms with Crippen LogP contribution in [0, 0.1) is 20.8 Å². The van der Waals surface area contributed by atoms with E-state index in [9.17, 15) is 4.79 Å². The van der Waals surface area contributed by atoms with Crippen LogP contribution in [0.25, 0.3) is 0 Å². The predicted octanol–water partition coefficient (Wildman–Crippen LogP) is 4.32. The Balaban J connectivity index is 1.92. The number of amides is 1. The molecule has 2 aromatic rings. The number of rotatable bonds is 4. The summed E-state index contributed by atoms with van der Waals surface area (Å²) >= 11 is 6.05. The molecule has 0 radical (unpaired) electrons. The van der Waals surface area contributed by atoms with E-state index in [1.165, 1.54) is 5.56 Å². The number of hydrogen-bond donors (Lipinski definition) is 2. The molecule has 0 spiro atoms. The minimum absolute atomic E-state index is 0.0880. The molecule has 0 bridgehead atoms. The van der Waals surface area contributed by atoms with Gasteiger partial charge in [-0.25, -0.2) is 0 Å². The fourth-order valence-corrected chi connectivity index (χ4v) is 2.09. The van der Waals surface area contributed by atoms with E-state index < -0.39 is 0 Å². The van der Waals surface area contributed by atoms with E-state index in [4.69, 9.17) is 11.6 Å². The molecule has 21 heavy (non-hydrogen) atoms. The minimum atomic E-state index is -0.0880. The number of halogens is 1. The number of nitrogens with one attached hydrogen (secondary N) is 2. The highest BCUT2D eigenvalue weighted by Crippen LogP contribution is 2.20. The Morgan fingerprint density at radius 2 is 1.62 bits per heavy atom. The van der Waals surface area contributed by atoms with Crippen molar-refractivity contribution in [1.82, 2.24) is 0 Å². The van der Waals surface area contributed by atoms with Crippen LogP contribution in [0.3, 0.4) is 0 Å². The zero-order valence-electron chi connectivity index (χ0n) is 12.5. The molecule has 1 amide bonds. The predicted molar refractivity (Wildman–Crippen MR) is 89.2 cm³/mol. The third-order valence-electron chi connectivity index (χ3n) is 3.42. The van der Waals surface area contributed by atoms with Crippen LogP contribution in [0.2, 0.25) is 5.02 Å². The van der Waals surface area contributed by atoms with Gasteiger partial charge in [-0.05, 0) is 61.7 Å². The van der Waals surface area contributed by atoms with E-state index in [1.54, 1.807) is 0 Å². The first-order valence-corrected chi connectivity index (χ1v) is 7.20. The van der Waals surface area contributed by atoms with Crippen molar-refractivity contribution >= 4 is 28.9 Å². The topological polar surface area (TPSA) is 41.1 Å². The first-order valence-electron chi connectivity index (χ1n) is 6.83. The van der Waals surface area contributed by atoms with Crippen LogP contribution in [0.15, 0.2) is 36.4 Å². The third-order valence-corrected chi connectivity index (χ3v) is 3.82. The fraction of sp³-hybridized carbons (Fsp3) is 0.235. The normalized spacial score (nSPS) is 10.3. The monoisotopic (exact) mass is 302 g/mol. The summed E-state index contributed by atoms with van der Waals surface area (Å²) in [5, 5.41) is 6.62. The summed E-state index contributed by atoms with van der Waals surface area (Å²) in [5.41, 5.74) is 5.03. The molecule has 2 rings (SSSR count). The van der Waals surface area contributed by atoms with Crippen molar-refractivity contribution in [2.24, 2.45) is 0 Å². The molecule has 0 saturated carbocycles. The van der Waals surface area contributed by atoms with Crippen molar-refractivity contribution in [3.8, 4) is 0 Å². The van der Waals surface area contributed by atoms with Crippen LogP contribution >= 0.6 is 11.6 Å². The number of benzene rings is 2. The van der Waals surface area contributed by atoms with Gasteiger partial charge in [0.25, 0.3) is 0 Å². The number of carbonyl (C=O) groups excluding carboxylic acids is 1. The Bertz CT molecular complexity index is 668. The summed E-state index contributed by atoms with van der Waals surface area (Å²) in [6.45, 7) is 6.21. The smallest absolute Gasteiger partial charge is 0.243 e. The highest BCUT2D eigenvalue weighted by atomic mass is 35.5. The van der Waals surface area contributed by atoms with Gasteiger partial charge in [-0.15, -0.1) is 0 Å². The van der Waals surface area contributed by atoms with Crippen molar-refractivity contribution in [3.63, 3.8) is 0 Å². The molecule has 0 aliphatic heterocycles. The second-order valence-electron chi connectivity index (χ2n) is 5.16. The summed E-state index contributed by atoms with van der Waals surface area (Å²) in [6, 6.07) is 11.5. The lowest BCUT2D eigenvalue weighted by Crippen LogP contribution is -2.21. The Hall–Kier alpha value is -2.00. The van der Waals surface area contributed by atoms with Crippen LogP contribution in [0.5, 0.6) is 0 Å². The first kappa shape index (κ1) is 15.4. The van der Waals surface area contributed by atoms with Gasteiger partial charge in [0.05, 0.1) is 6.54 Å². The van der Waals surface area contributed by atoms with Gasteiger partial charge in [-0.3, -0.25) is 4.79 Å². The van der Waals surface area contributed by atoms with Gasteiger partial charge in [0.1, 0.15) is 0 Å². The van der Waals surface area contributed by atoms with E-state index in [1.807, 2.05) is 57.2 Å². The highest BCUT2D eigenvalue weighted by Gasteiger charge is 2.04. The van der Waals surface area contributed by atoms with Crippen LogP contribution in [-0.2, 0) is 4.79 Å². The molecule has 0 aliphatic carbocycles. The first-order chi connectivity index (χ1) is 9.95. The Morgan fingerprint density at radius 3 is 2.29 bits per heavy atom. The molecule has 0 fully saturated rings. The molecule has 0 heterocycles. The molecule has 0 aromatic heterocycles. The van der Waals surface area contributed by atoms with Crippen LogP contribution in [0.4, 0.5) is 11.4 Å². The van der Waals surface area contributed by atoms with Crippen LogP contribution in [0.1, 0.15) is 16.7 Å². The molecule has 0 unspecified atom stereocenters. The molecule has 110 valence electrons. The number of hydrogen-bond acceptors (Lipinski definition) is 2. The SMILES string of the molecule is Cc1ccc(NC(=O)CNc2ccc(C)c(Cl)c2)cc1C. The number of aryl methyl sites for hydroxylation is 3. The maximum atomic E-state index is 11.9. The zero-order chi connectivity index (χ0) is 15.4. The van der Waals surface area contributed by atoms with Gasteiger partial charge in [-0.2, -0.15) is 0 Å². The molecule has 2 N–H and O–H groups in total. The Labute approximate surface area is 130 Å². The molecule has 4 heteroatoms. The van der Waals surface area contributed by atoms with Gasteiger partial charge >= 0.3 is 0 Å². The average Bonchev–Trinajstić information content (AvgIpc) is 2.44. The van der Waals surface area contributed by atoms with Gasteiger partial charge in [0.15, 0.2) is 0 Å². The summed E-state index contributed by atoms with van der Waals surface area (Å²) < 4.78 is 0. The lowest BCUT2D eigenvalue weighted by Gasteiger charge is -2.10. The lowest BCUT2D eigenvalue weighted by atomic mass is 10.1. The molecule has 2 aromatic carbocycles. The second kappa shape index (κ2) is 6.64. The molecule has 0 atom stereocenters. The summed E-state index contributed by atoms with van der Waals surface area (Å²) in [6.07, 6.45) is 0. The molecular weight excluding hydrogens is 284 g/mol. The van der Waals surface area contributed by atoms with Gasteiger partial charge in [0, 0.05) is 16.4 Å². The van der Waals surface area contributed by atoms with Crippen molar-refractivity contribution in [3.05, 3.63) is 58.1 Å². The molecule has 0 saturated heterocycles. The Kier molecular flexibility index (Phi) is 4.86. The summed E-state index contributed by atoms with van der Waals surface area (Å²) in [7, 11) is 0. The summed E-state index contributed by atoms with van der Waals surface area (Å²) in [5.74, 6) is -0.0880. The molecule has 0 aliphatic rings. The standard InChI is InChI=1S/C17H19ClN2O/c1-11-4-7-15(8-13(11)3)20-17(21)10-19-14-6-5-12(2)16(18)9-14/h4-9,19H,10H2,1-3H3,(H,20,21). The van der Waals surface area contributed by atoms with Gasteiger partial charge in [-0.1, -0.05) is 23.7 Å². The molecule has 3 nitrogen and oxygen atoms in total. The van der Waals surface area contributed by atoms with Crippen LogP contribution < -0.4 is 10.6 Å². The largest absolute Gasteiger partial charge is 0.376 e. The van der Waals surface area contributed by atoms with Crippen LogP contribution in [-0.4, -0.2) is 12.5 Å². The van der Waals surface area contributed by atoms with Crippen molar-refractivity contribution < 1.29 is 4.79 Å². The van der Waals surface area contributed by atoms with Gasteiger partial charge < -0.3 is 10.6 Å². The third kappa shape index (κ3) is 4.23. The number of anilines is 2. The lowest BCUT2D eigenvalue weighted by molar-refractivity contribution is -0.114. The second-order valence-corrected chi connectivity index (χ2v) is 5.57. The summed E-state index contributed by atoms with van der Waals surface area (Å²) in [4.78, 5) is 11.9. The number of carbonyl (C=O) groups is 1. The fourth-order valence-electron chi connectivity index (χ4n) is 1.91. The maximum absolute atomic E-state index is 11.9. The van der Waals surface area contributed by atoms with E-state index in [0.717, 1.165) is 22.5 Å². The quantitative estimate of drug-likeness (QED) is 0.883. The van der Waals surface area contributed by atoms with Crippen molar-refractivity contribution in [1.29, 1.82) is 0 Å². The van der Waals surface area contributed by atoms with E-state index in [2.05, 4.69) is 10.6 Å². The molecular formula is C17H19ClN2O. The van der Waals surface area contributed by atoms with E-state index >= 15 is 0 Å². The zero-order valence-corrected chi connectivity index (χ0v) is 13.2. The van der Waals surface area contributed by atoms with Crippen molar-refractivity contribution in [2.45, 2.75) is 20.8 Å². The van der Waals surface area contributed by atoms with E-state index in [-0.39, 0.29) is 12.5 Å². The maximum Gasteiger partial charge on any atom is 0.243 e. The van der Waals surface area contributed by atoms with Gasteiger partial charge in [0.2, 0.25) is 5.91 Å². The van der Waals surface area contributed by atoms with E-state index in [0.29, 0.717) is 5.02 Å². The average molecular weight is 303 g/mol. The highest BCUT2D eigenvalue weighted by molar-refractivity contribution is 6.31. The minimum Gasteiger partial charge on any atom is -0.376 e. The Morgan fingerprint density at radius 1 is 0.952 bits per heavy atom.